The number of benzene rings is 1. The van der Waals surface area contributed by atoms with Crippen molar-refractivity contribution in [3.05, 3.63) is 29.8 Å². The summed E-state index contributed by atoms with van der Waals surface area (Å²) in [4.78, 5) is 13.4. The maximum atomic E-state index is 12.4. The lowest BCUT2D eigenvalue weighted by Crippen LogP contribution is -2.35. The number of carbonyl (C=O) groups excluding carboxylic acids is 1. The molecule has 0 aliphatic rings. The largest absolute Gasteiger partial charge is 0.509 e. The van der Waals surface area contributed by atoms with E-state index in [1.807, 2.05) is 13.8 Å². The van der Waals surface area contributed by atoms with Crippen LogP contribution in [0.2, 0.25) is 0 Å². The van der Waals surface area contributed by atoms with Crippen LogP contribution in [0.1, 0.15) is 24.2 Å². The van der Waals surface area contributed by atoms with Crippen molar-refractivity contribution in [1.29, 1.82) is 0 Å². The smallest absolute Gasteiger partial charge is 0.445 e. The van der Waals surface area contributed by atoms with Crippen LogP contribution in [-0.2, 0) is 0 Å². The van der Waals surface area contributed by atoms with Gasteiger partial charge in [0.1, 0.15) is 0 Å². The maximum absolute atomic E-state index is 12.4. The Balaban J connectivity index is 2.91. The zero-order chi connectivity index (χ0) is 13.1. The van der Waals surface area contributed by atoms with E-state index in [4.69, 9.17) is 0 Å². The predicted octanol–water partition coefficient (Wildman–Crippen LogP) is 2.22. The first kappa shape index (κ1) is 13.6. The summed E-state index contributed by atoms with van der Waals surface area (Å²) in [6.45, 7) is -0.252. The van der Waals surface area contributed by atoms with E-state index in [9.17, 15) is 17.7 Å². The minimum absolute atomic E-state index is 0.240. The van der Waals surface area contributed by atoms with Gasteiger partial charge >= 0.3 is 6.98 Å². The third-order valence-corrected chi connectivity index (χ3v) is 2.59. The highest BCUT2D eigenvalue weighted by Crippen LogP contribution is 2.10. The first-order chi connectivity index (χ1) is 7.90. The normalized spacial score (nSPS) is 11.4. The number of nitrogens with zero attached hydrogens (tertiary/aromatic N) is 1. The second-order valence-electron chi connectivity index (χ2n) is 3.67. The highest BCUT2D eigenvalue weighted by atomic mass is 19.4. The molecule has 0 bridgehead atoms. The van der Waals surface area contributed by atoms with Crippen LogP contribution in [0.15, 0.2) is 24.3 Å². The van der Waals surface area contributed by atoms with E-state index < -0.39 is 12.4 Å². The second kappa shape index (κ2) is 5.25. The van der Waals surface area contributed by atoms with Crippen molar-refractivity contribution in [2.45, 2.75) is 13.8 Å². The number of hydrogen-bond acceptors (Lipinski definition) is 1. The molecule has 94 valence electrons. The Morgan fingerprint density at radius 1 is 1.12 bits per heavy atom. The van der Waals surface area contributed by atoms with E-state index in [0.29, 0.717) is 13.1 Å². The average molecular weight is 244 g/mol. The van der Waals surface area contributed by atoms with Gasteiger partial charge in [-0.2, -0.15) is 0 Å². The van der Waals surface area contributed by atoms with Gasteiger partial charge in [-0.15, -0.1) is 5.46 Å². The van der Waals surface area contributed by atoms with Crippen molar-refractivity contribution >= 4 is 18.3 Å². The standard InChI is InChI=1S/C11H14BF3NO/c1-3-16(4-2)11(17)9-5-7-10(8-6-9)12(13,14)15/h5-8H,3-4H2,1-2H3/q-1. The molecule has 1 rings (SSSR count). The van der Waals surface area contributed by atoms with E-state index in [2.05, 4.69) is 0 Å². The summed E-state index contributed by atoms with van der Waals surface area (Å²) in [5, 5.41) is 0. The Morgan fingerprint density at radius 3 is 1.94 bits per heavy atom. The van der Waals surface area contributed by atoms with E-state index in [1.54, 1.807) is 4.90 Å². The molecule has 0 heterocycles. The van der Waals surface area contributed by atoms with E-state index in [1.165, 1.54) is 12.1 Å². The molecule has 2 nitrogen and oxygen atoms in total. The maximum Gasteiger partial charge on any atom is 0.509 e. The van der Waals surface area contributed by atoms with Crippen molar-refractivity contribution in [1.82, 2.24) is 4.90 Å². The van der Waals surface area contributed by atoms with Gasteiger partial charge in [0.25, 0.3) is 5.91 Å². The highest BCUT2D eigenvalue weighted by molar-refractivity contribution is 6.73. The molecular weight excluding hydrogens is 230 g/mol. The van der Waals surface area contributed by atoms with Crippen molar-refractivity contribution in [3.63, 3.8) is 0 Å². The highest BCUT2D eigenvalue weighted by Gasteiger charge is 2.25. The fraction of sp³-hybridized carbons (Fsp3) is 0.364. The Labute approximate surface area is 98.5 Å². The fourth-order valence-electron chi connectivity index (χ4n) is 1.54. The minimum atomic E-state index is -4.99. The molecular formula is C11H14BF3NO-. The van der Waals surface area contributed by atoms with Crippen LogP contribution in [0.5, 0.6) is 0 Å². The quantitative estimate of drug-likeness (QED) is 0.743. The van der Waals surface area contributed by atoms with Gasteiger partial charge in [0.2, 0.25) is 0 Å². The molecule has 0 fully saturated rings. The molecule has 0 atom stereocenters. The van der Waals surface area contributed by atoms with Crippen molar-refractivity contribution in [2.75, 3.05) is 13.1 Å². The Hall–Kier alpha value is -1.46. The molecule has 0 aliphatic heterocycles. The average Bonchev–Trinajstić information content (AvgIpc) is 2.29. The Kier molecular flexibility index (Phi) is 4.20. The van der Waals surface area contributed by atoms with Crippen LogP contribution >= 0.6 is 0 Å². The third kappa shape index (κ3) is 3.25. The minimum Gasteiger partial charge on any atom is -0.445 e. The topological polar surface area (TPSA) is 20.3 Å². The molecule has 0 N–H and O–H groups in total. The Morgan fingerprint density at radius 2 is 1.59 bits per heavy atom. The van der Waals surface area contributed by atoms with Gasteiger partial charge in [-0.3, -0.25) is 4.79 Å². The molecule has 1 aromatic carbocycles. The number of amides is 1. The first-order valence-corrected chi connectivity index (χ1v) is 5.49. The molecule has 1 amide bonds. The summed E-state index contributed by atoms with van der Waals surface area (Å²) < 4.78 is 37.1. The van der Waals surface area contributed by atoms with Gasteiger partial charge in [0.05, 0.1) is 0 Å². The number of carbonyl (C=O) groups is 1. The molecule has 0 saturated heterocycles. The molecule has 1 aromatic rings. The van der Waals surface area contributed by atoms with Gasteiger partial charge < -0.3 is 17.8 Å². The molecule has 0 saturated carbocycles. The zero-order valence-corrected chi connectivity index (χ0v) is 9.79. The summed E-state index contributed by atoms with van der Waals surface area (Å²) >= 11 is 0. The van der Waals surface area contributed by atoms with Crippen LogP contribution in [0.25, 0.3) is 0 Å². The van der Waals surface area contributed by atoms with Gasteiger partial charge in [0.15, 0.2) is 0 Å². The van der Waals surface area contributed by atoms with E-state index >= 15 is 0 Å². The van der Waals surface area contributed by atoms with Crippen LogP contribution in [0, 0.1) is 0 Å². The van der Waals surface area contributed by atoms with Gasteiger partial charge in [0, 0.05) is 18.7 Å². The third-order valence-electron chi connectivity index (χ3n) is 2.59. The van der Waals surface area contributed by atoms with Crippen LogP contribution < -0.4 is 5.46 Å². The molecule has 0 spiro atoms. The lowest BCUT2D eigenvalue weighted by molar-refractivity contribution is 0.0773. The lowest BCUT2D eigenvalue weighted by atomic mass is 9.80. The lowest BCUT2D eigenvalue weighted by Gasteiger charge is -2.19. The molecule has 0 unspecified atom stereocenters. The second-order valence-corrected chi connectivity index (χ2v) is 3.67. The number of halogens is 3. The summed E-state index contributed by atoms with van der Waals surface area (Å²) in [6.07, 6.45) is 0. The summed E-state index contributed by atoms with van der Waals surface area (Å²) in [6, 6.07) is 4.36. The van der Waals surface area contributed by atoms with Crippen molar-refractivity contribution < 1.29 is 17.7 Å². The van der Waals surface area contributed by atoms with Crippen LogP contribution in [0.4, 0.5) is 12.9 Å². The molecule has 6 heteroatoms. The molecule has 0 aromatic heterocycles. The number of hydrogen-bond donors (Lipinski definition) is 0. The van der Waals surface area contributed by atoms with E-state index in [-0.39, 0.29) is 11.5 Å². The first-order valence-electron chi connectivity index (χ1n) is 5.49. The number of rotatable bonds is 4. The van der Waals surface area contributed by atoms with Gasteiger partial charge in [-0.05, 0) is 13.8 Å². The SMILES string of the molecule is CCN(CC)C(=O)c1ccc([B-](F)(F)F)cc1. The molecule has 0 aliphatic carbocycles. The predicted molar refractivity (Wildman–Crippen MR) is 62.4 cm³/mol. The molecule has 0 radical (unpaired) electrons. The molecule has 17 heavy (non-hydrogen) atoms. The Bertz CT molecular complexity index is 385. The van der Waals surface area contributed by atoms with Crippen molar-refractivity contribution in [3.8, 4) is 0 Å². The van der Waals surface area contributed by atoms with Gasteiger partial charge in [-0.1, -0.05) is 24.3 Å². The summed E-state index contributed by atoms with van der Waals surface area (Å²) in [5.41, 5.74) is -0.390. The van der Waals surface area contributed by atoms with Crippen molar-refractivity contribution in [2.24, 2.45) is 0 Å². The van der Waals surface area contributed by atoms with E-state index in [0.717, 1.165) is 12.1 Å². The van der Waals surface area contributed by atoms with Crippen LogP contribution in [-0.4, -0.2) is 30.9 Å². The fourth-order valence-corrected chi connectivity index (χ4v) is 1.54. The zero-order valence-electron chi connectivity index (χ0n) is 9.79. The summed E-state index contributed by atoms with van der Waals surface area (Å²) in [5.74, 6) is -0.240. The monoisotopic (exact) mass is 244 g/mol. The van der Waals surface area contributed by atoms with Crippen LogP contribution in [0.3, 0.4) is 0 Å². The van der Waals surface area contributed by atoms with Gasteiger partial charge in [-0.25, -0.2) is 0 Å². The summed E-state index contributed by atoms with van der Waals surface area (Å²) in [7, 11) is 0.